The van der Waals surface area contributed by atoms with Gasteiger partial charge in [-0.15, -0.1) is 12.4 Å². The van der Waals surface area contributed by atoms with Crippen LogP contribution in [0.3, 0.4) is 0 Å². The maximum absolute atomic E-state index is 10.5. The van der Waals surface area contributed by atoms with Gasteiger partial charge in [-0.2, -0.15) is 0 Å². The third kappa shape index (κ3) is 3.67. The normalized spacial score (nSPS) is 8.93. The van der Waals surface area contributed by atoms with Crippen molar-refractivity contribution in [3.05, 3.63) is 23.8 Å². The van der Waals surface area contributed by atoms with Crippen LogP contribution in [-0.4, -0.2) is 25.3 Å². The summed E-state index contributed by atoms with van der Waals surface area (Å²) in [6.07, 6.45) is -0.0691. The van der Waals surface area contributed by atoms with E-state index in [-0.39, 0.29) is 18.8 Å². The molecule has 0 saturated carbocycles. The molecule has 0 atom stereocenters. The molecule has 1 aromatic carbocycles. The predicted octanol–water partition coefficient (Wildman–Crippen LogP) is 1.75. The van der Waals surface area contributed by atoms with Crippen LogP contribution in [-0.2, 0) is 11.2 Å². The molecule has 1 N–H and O–H groups in total. The Labute approximate surface area is 94.2 Å². The molecule has 0 aliphatic carbocycles. The molecule has 0 radical (unpaired) electrons. The summed E-state index contributed by atoms with van der Waals surface area (Å²) in [5.41, 5.74) is 0.611. The van der Waals surface area contributed by atoms with Gasteiger partial charge in [0.15, 0.2) is 0 Å². The molecular weight excluding hydrogens is 220 g/mol. The Hall–Kier alpha value is -1.42. The Kier molecular flexibility index (Phi) is 5.56. The molecule has 0 saturated heterocycles. The summed E-state index contributed by atoms with van der Waals surface area (Å²) in [5.74, 6) is 0.298. The largest absolute Gasteiger partial charge is 0.497 e. The summed E-state index contributed by atoms with van der Waals surface area (Å²) >= 11 is 0. The van der Waals surface area contributed by atoms with Crippen LogP contribution in [0.5, 0.6) is 11.5 Å². The first kappa shape index (κ1) is 13.6. The van der Waals surface area contributed by atoms with E-state index in [1.165, 1.54) is 14.2 Å². The Bertz CT molecular complexity index is 338. The third-order valence-corrected chi connectivity index (χ3v) is 1.83. The van der Waals surface area contributed by atoms with Crippen LogP contribution in [0.4, 0.5) is 0 Å². The molecule has 15 heavy (non-hydrogen) atoms. The number of carboxylic acid groups (broad SMARTS) is 1. The Morgan fingerprint density at radius 3 is 2.47 bits per heavy atom. The van der Waals surface area contributed by atoms with Crippen molar-refractivity contribution in [2.75, 3.05) is 14.2 Å². The number of rotatable bonds is 4. The number of hydrogen-bond donors (Lipinski definition) is 1. The van der Waals surface area contributed by atoms with E-state index in [4.69, 9.17) is 14.6 Å². The molecule has 1 rings (SSSR count). The Balaban J connectivity index is 0.00000196. The zero-order valence-electron chi connectivity index (χ0n) is 8.52. The first-order valence-corrected chi connectivity index (χ1v) is 4.10. The zero-order chi connectivity index (χ0) is 10.6. The number of aliphatic carboxylic acids is 1. The van der Waals surface area contributed by atoms with Crippen molar-refractivity contribution in [2.24, 2.45) is 0 Å². The molecular formula is C10H13ClO4. The molecule has 0 bridgehead atoms. The standard InChI is InChI=1S/C10H12O4.ClH/c1-13-8-3-4-9(14-2)7(5-8)6-10(11)12;/h3-5H,6H2,1-2H3,(H,11,12);1H. The van der Waals surface area contributed by atoms with Crippen LogP contribution in [0.1, 0.15) is 5.56 Å². The van der Waals surface area contributed by atoms with Crippen molar-refractivity contribution in [2.45, 2.75) is 6.42 Å². The molecule has 0 aliphatic heterocycles. The number of carboxylic acids is 1. The van der Waals surface area contributed by atoms with E-state index in [1.54, 1.807) is 18.2 Å². The molecule has 0 aliphatic rings. The monoisotopic (exact) mass is 232 g/mol. The summed E-state index contributed by atoms with van der Waals surface area (Å²) in [4.78, 5) is 10.5. The second kappa shape index (κ2) is 6.14. The topological polar surface area (TPSA) is 55.8 Å². The van der Waals surface area contributed by atoms with Crippen LogP contribution in [0.15, 0.2) is 18.2 Å². The van der Waals surface area contributed by atoms with Gasteiger partial charge in [0.25, 0.3) is 0 Å². The van der Waals surface area contributed by atoms with Gasteiger partial charge in [0.05, 0.1) is 20.6 Å². The number of ether oxygens (including phenoxy) is 2. The second-order valence-corrected chi connectivity index (χ2v) is 2.75. The fraction of sp³-hybridized carbons (Fsp3) is 0.300. The maximum atomic E-state index is 10.5. The molecule has 0 aromatic heterocycles. The van der Waals surface area contributed by atoms with E-state index < -0.39 is 5.97 Å². The van der Waals surface area contributed by atoms with Crippen molar-refractivity contribution in [1.82, 2.24) is 0 Å². The van der Waals surface area contributed by atoms with Gasteiger partial charge in [0.1, 0.15) is 11.5 Å². The number of halogens is 1. The van der Waals surface area contributed by atoms with E-state index in [1.807, 2.05) is 0 Å². The molecule has 0 amide bonds. The molecule has 0 fully saturated rings. The molecule has 0 heterocycles. The molecule has 84 valence electrons. The molecule has 0 spiro atoms. The number of carbonyl (C=O) groups is 1. The van der Waals surface area contributed by atoms with Gasteiger partial charge in [-0.3, -0.25) is 4.79 Å². The van der Waals surface area contributed by atoms with Crippen molar-refractivity contribution < 1.29 is 19.4 Å². The summed E-state index contributed by atoms with van der Waals surface area (Å²) < 4.78 is 10.0. The van der Waals surface area contributed by atoms with E-state index >= 15 is 0 Å². The smallest absolute Gasteiger partial charge is 0.307 e. The molecule has 0 unspecified atom stereocenters. The maximum Gasteiger partial charge on any atom is 0.307 e. The fourth-order valence-corrected chi connectivity index (χ4v) is 1.18. The minimum Gasteiger partial charge on any atom is -0.497 e. The lowest BCUT2D eigenvalue weighted by molar-refractivity contribution is -0.136. The van der Waals surface area contributed by atoms with Crippen LogP contribution in [0, 0.1) is 0 Å². The highest BCUT2D eigenvalue weighted by atomic mass is 35.5. The highest BCUT2D eigenvalue weighted by Gasteiger charge is 2.08. The lowest BCUT2D eigenvalue weighted by Gasteiger charge is -2.08. The van der Waals surface area contributed by atoms with Crippen LogP contribution >= 0.6 is 12.4 Å². The highest BCUT2D eigenvalue weighted by molar-refractivity contribution is 5.85. The number of hydrogen-bond acceptors (Lipinski definition) is 3. The Morgan fingerprint density at radius 2 is 2.00 bits per heavy atom. The Morgan fingerprint density at radius 1 is 1.33 bits per heavy atom. The van der Waals surface area contributed by atoms with Gasteiger partial charge in [-0.05, 0) is 18.2 Å². The zero-order valence-corrected chi connectivity index (χ0v) is 9.34. The van der Waals surface area contributed by atoms with Crippen molar-refractivity contribution >= 4 is 18.4 Å². The average molecular weight is 233 g/mol. The summed E-state index contributed by atoms with van der Waals surface area (Å²) in [7, 11) is 3.04. The summed E-state index contributed by atoms with van der Waals surface area (Å²) in [6, 6.07) is 5.08. The van der Waals surface area contributed by atoms with Crippen LogP contribution in [0.25, 0.3) is 0 Å². The summed E-state index contributed by atoms with van der Waals surface area (Å²) in [5, 5.41) is 8.65. The first-order valence-electron chi connectivity index (χ1n) is 4.10. The number of methoxy groups -OCH3 is 2. The molecule has 1 aromatic rings. The van der Waals surface area contributed by atoms with Crippen LogP contribution in [0.2, 0.25) is 0 Å². The highest BCUT2D eigenvalue weighted by Crippen LogP contribution is 2.24. The lowest BCUT2D eigenvalue weighted by atomic mass is 10.1. The third-order valence-electron chi connectivity index (χ3n) is 1.83. The summed E-state index contributed by atoms with van der Waals surface area (Å²) in [6.45, 7) is 0. The van der Waals surface area contributed by atoms with E-state index in [0.717, 1.165) is 0 Å². The van der Waals surface area contributed by atoms with Crippen molar-refractivity contribution in [3.8, 4) is 11.5 Å². The van der Waals surface area contributed by atoms with Crippen molar-refractivity contribution in [3.63, 3.8) is 0 Å². The minimum absolute atomic E-state index is 0. The minimum atomic E-state index is -0.892. The van der Waals surface area contributed by atoms with E-state index in [0.29, 0.717) is 17.1 Å². The van der Waals surface area contributed by atoms with Crippen LogP contribution < -0.4 is 9.47 Å². The van der Waals surface area contributed by atoms with Gasteiger partial charge < -0.3 is 14.6 Å². The average Bonchev–Trinajstić information content (AvgIpc) is 2.16. The molecule has 4 nitrogen and oxygen atoms in total. The van der Waals surface area contributed by atoms with Gasteiger partial charge in [0.2, 0.25) is 0 Å². The quantitative estimate of drug-likeness (QED) is 0.860. The van der Waals surface area contributed by atoms with Gasteiger partial charge in [-0.25, -0.2) is 0 Å². The lowest BCUT2D eigenvalue weighted by Crippen LogP contribution is -2.02. The molecule has 5 heteroatoms. The predicted molar refractivity (Wildman–Crippen MR) is 58.1 cm³/mol. The van der Waals surface area contributed by atoms with E-state index in [2.05, 4.69) is 0 Å². The number of benzene rings is 1. The van der Waals surface area contributed by atoms with Gasteiger partial charge >= 0.3 is 5.97 Å². The van der Waals surface area contributed by atoms with Crippen molar-refractivity contribution in [1.29, 1.82) is 0 Å². The SMILES string of the molecule is COc1ccc(OC)c(CC(=O)O)c1.Cl. The van der Waals surface area contributed by atoms with Gasteiger partial charge in [-0.1, -0.05) is 0 Å². The fourth-order valence-electron chi connectivity index (χ4n) is 1.18. The first-order chi connectivity index (χ1) is 6.67. The van der Waals surface area contributed by atoms with Gasteiger partial charge in [0, 0.05) is 5.56 Å². The van der Waals surface area contributed by atoms with E-state index in [9.17, 15) is 4.79 Å². The second-order valence-electron chi connectivity index (χ2n) is 2.75.